The predicted molar refractivity (Wildman–Crippen MR) is 92.8 cm³/mol. The quantitative estimate of drug-likeness (QED) is 0.747. The van der Waals surface area contributed by atoms with Crippen LogP contribution in [0.1, 0.15) is 18.5 Å². The largest absolute Gasteiger partial charge is 0.504 e. The third-order valence-corrected chi connectivity index (χ3v) is 3.90. The lowest BCUT2D eigenvalue weighted by Gasteiger charge is -2.17. The number of rotatable bonds is 5. The van der Waals surface area contributed by atoms with E-state index in [0.29, 0.717) is 17.1 Å². The molecule has 0 aliphatic rings. The van der Waals surface area contributed by atoms with Gasteiger partial charge in [-0.25, -0.2) is 9.97 Å². The number of aromatic nitrogens is 2. The Hall–Kier alpha value is -3.02. The third-order valence-electron chi connectivity index (χ3n) is 3.90. The van der Waals surface area contributed by atoms with Crippen LogP contribution >= 0.6 is 0 Å². The van der Waals surface area contributed by atoms with Gasteiger partial charge in [-0.05, 0) is 30.7 Å². The lowest BCUT2D eigenvalue weighted by molar-refractivity contribution is 0.374. The lowest BCUT2D eigenvalue weighted by Crippen LogP contribution is -2.08. The van der Waals surface area contributed by atoms with Crippen LogP contribution in [0.25, 0.3) is 10.9 Å². The summed E-state index contributed by atoms with van der Waals surface area (Å²) < 4.78 is 10.3. The van der Waals surface area contributed by atoms with Crippen molar-refractivity contribution in [2.75, 3.05) is 19.5 Å². The van der Waals surface area contributed by atoms with Crippen LogP contribution in [0.5, 0.6) is 17.2 Å². The van der Waals surface area contributed by atoms with Crippen molar-refractivity contribution in [1.29, 1.82) is 0 Å². The second-order valence-corrected chi connectivity index (χ2v) is 5.40. The van der Waals surface area contributed by atoms with Crippen molar-refractivity contribution in [3.8, 4) is 17.2 Å². The van der Waals surface area contributed by atoms with Gasteiger partial charge in [0.15, 0.2) is 11.5 Å². The van der Waals surface area contributed by atoms with E-state index < -0.39 is 0 Å². The summed E-state index contributed by atoms with van der Waals surface area (Å²) in [5.74, 6) is 1.91. The van der Waals surface area contributed by atoms with Gasteiger partial charge in [0.25, 0.3) is 0 Å². The normalized spacial score (nSPS) is 12.0. The maximum atomic E-state index is 10.0. The molecule has 0 saturated heterocycles. The average Bonchev–Trinajstić information content (AvgIpc) is 2.61. The van der Waals surface area contributed by atoms with E-state index in [1.54, 1.807) is 19.2 Å². The Bertz CT molecular complexity index is 850. The molecule has 2 N–H and O–H groups in total. The first-order valence-corrected chi connectivity index (χ1v) is 7.54. The SMILES string of the molecule is COc1ccc([C@@H](C)Nc2ncnc3cc(OC)c(O)cc23)cc1. The van der Waals surface area contributed by atoms with E-state index >= 15 is 0 Å². The number of phenolic OH excluding ortho intramolecular Hbond substituents is 1. The van der Waals surface area contributed by atoms with Crippen molar-refractivity contribution in [2.24, 2.45) is 0 Å². The maximum Gasteiger partial charge on any atom is 0.162 e. The topological polar surface area (TPSA) is 76.5 Å². The van der Waals surface area contributed by atoms with E-state index in [1.165, 1.54) is 13.4 Å². The smallest absolute Gasteiger partial charge is 0.162 e. The Morgan fingerprint density at radius 3 is 2.46 bits per heavy atom. The van der Waals surface area contributed by atoms with Crippen LogP contribution in [-0.2, 0) is 0 Å². The van der Waals surface area contributed by atoms with E-state index in [2.05, 4.69) is 15.3 Å². The molecule has 3 rings (SSSR count). The van der Waals surface area contributed by atoms with Gasteiger partial charge in [-0.2, -0.15) is 0 Å². The molecule has 1 heterocycles. The number of nitrogens with zero attached hydrogens (tertiary/aromatic N) is 2. The van der Waals surface area contributed by atoms with Crippen molar-refractivity contribution in [2.45, 2.75) is 13.0 Å². The lowest BCUT2D eigenvalue weighted by atomic mass is 10.1. The molecule has 0 amide bonds. The summed E-state index contributed by atoms with van der Waals surface area (Å²) >= 11 is 0. The van der Waals surface area contributed by atoms with Crippen LogP contribution in [0.15, 0.2) is 42.7 Å². The summed E-state index contributed by atoms with van der Waals surface area (Å²) in [5, 5.41) is 14.1. The summed E-state index contributed by atoms with van der Waals surface area (Å²) in [7, 11) is 3.15. The Labute approximate surface area is 140 Å². The van der Waals surface area contributed by atoms with Gasteiger partial charge in [0, 0.05) is 17.5 Å². The highest BCUT2D eigenvalue weighted by molar-refractivity contribution is 5.91. The van der Waals surface area contributed by atoms with Gasteiger partial charge in [-0.15, -0.1) is 0 Å². The average molecular weight is 325 g/mol. The molecule has 0 aliphatic heterocycles. The van der Waals surface area contributed by atoms with Crippen LogP contribution in [0, 0.1) is 0 Å². The van der Waals surface area contributed by atoms with Gasteiger partial charge in [-0.3, -0.25) is 0 Å². The Balaban J connectivity index is 1.92. The van der Waals surface area contributed by atoms with Crippen LogP contribution < -0.4 is 14.8 Å². The molecule has 0 unspecified atom stereocenters. The predicted octanol–water partition coefficient (Wildman–Crippen LogP) is 3.53. The summed E-state index contributed by atoms with van der Waals surface area (Å²) in [4.78, 5) is 8.54. The second kappa shape index (κ2) is 6.62. The number of ether oxygens (including phenoxy) is 2. The first-order valence-electron chi connectivity index (χ1n) is 7.54. The fourth-order valence-corrected chi connectivity index (χ4v) is 2.53. The number of fused-ring (bicyclic) bond motifs is 1. The standard InChI is InChI=1S/C18H19N3O3/c1-11(12-4-6-13(23-2)7-5-12)21-18-14-8-16(22)17(24-3)9-15(14)19-10-20-18/h4-11,22H,1-3H3,(H,19,20,21)/t11-/m1/s1. The molecule has 0 bridgehead atoms. The van der Waals surface area contributed by atoms with Crippen molar-refractivity contribution in [3.63, 3.8) is 0 Å². The number of hydrogen-bond acceptors (Lipinski definition) is 6. The molecule has 1 atom stereocenters. The molecule has 0 saturated carbocycles. The van der Waals surface area contributed by atoms with Gasteiger partial charge in [0.2, 0.25) is 0 Å². The van der Waals surface area contributed by atoms with Crippen LogP contribution in [0.2, 0.25) is 0 Å². The summed E-state index contributed by atoms with van der Waals surface area (Å²) in [6, 6.07) is 11.2. The fraction of sp³-hybridized carbons (Fsp3) is 0.222. The summed E-state index contributed by atoms with van der Waals surface area (Å²) in [6.07, 6.45) is 1.49. The molecule has 0 aliphatic carbocycles. The minimum absolute atomic E-state index is 0.0262. The number of phenols is 1. The molecular weight excluding hydrogens is 306 g/mol. The fourth-order valence-electron chi connectivity index (χ4n) is 2.53. The molecule has 6 heteroatoms. The van der Waals surface area contributed by atoms with Crippen molar-refractivity contribution >= 4 is 16.7 Å². The van der Waals surface area contributed by atoms with Gasteiger partial charge in [0.05, 0.1) is 19.7 Å². The monoisotopic (exact) mass is 325 g/mol. The number of nitrogens with one attached hydrogen (secondary N) is 1. The van der Waals surface area contributed by atoms with E-state index in [9.17, 15) is 5.11 Å². The summed E-state index contributed by atoms with van der Waals surface area (Å²) in [6.45, 7) is 2.04. The zero-order valence-corrected chi connectivity index (χ0v) is 13.8. The number of anilines is 1. The van der Waals surface area contributed by atoms with Crippen LogP contribution in [0.4, 0.5) is 5.82 Å². The number of hydrogen-bond donors (Lipinski definition) is 2. The van der Waals surface area contributed by atoms with Gasteiger partial charge < -0.3 is 19.9 Å². The highest BCUT2D eigenvalue weighted by Crippen LogP contribution is 2.33. The number of methoxy groups -OCH3 is 2. The summed E-state index contributed by atoms with van der Waals surface area (Å²) in [5.41, 5.74) is 1.80. The molecule has 124 valence electrons. The Morgan fingerprint density at radius 2 is 1.79 bits per heavy atom. The first kappa shape index (κ1) is 15.9. The highest BCUT2D eigenvalue weighted by atomic mass is 16.5. The van der Waals surface area contributed by atoms with E-state index in [4.69, 9.17) is 9.47 Å². The molecule has 0 spiro atoms. The van der Waals surface area contributed by atoms with E-state index in [0.717, 1.165) is 16.7 Å². The van der Waals surface area contributed by atoms with E-state index in [-0.39, 0.29) is 11.8 Å². The molecule has 6 nitrogen and oxygen atoms in total. The van der Waals surface area contributed by atoms with Crippen molar-refractivity contribution < 1.29 is 14.6 Å². The molecule has 3 aromatic rings. The maximum absolute atomic E-state index is 10.0. The van der Waals surface area contributed by atoms with Crippen LogP contribution in [0.3, 0.4) is 0 Å². The second-order valence-electron chi connectivity index (χ2n) is 5.40. The van der Waals surface area contributed by atoms with Crippen molar-refractivity contribution in [3.05, 3.63) is 48.3 Å². The van der Waals surface area contributed by atoms with Gasteiger partial charge in [-0.1, -0.05) is 12.1 Å². The Kier molecular flexibility index (Phi) is 4.37. The van der Waals surface area contributed by atoms with Gasteiger partial charge in [0.1, 0.15) is 17.9 Å². The molecule has 0 radical (unpaired) electrons. The molecule has 24 heavy (non-hydrogen) atoms. The number of aromatic hydroxyl groups is 1. The first-order chi connectivity index (χ1) is 11.6. The minimum Gasteiger partial charge on any atom is -0.504 e. The third kappa shape index (κ3) is 3.03. The van der Waals surface area contributed by atoms with Crippen LogP contribution in [-0.4, -0.2) is 29.3 Å². The highest BCUT2D eigenvalue weighted by Gasteiger charge is 2.12. The molecule has 1 aromatic heterocycles. The molecule has 2 aromatic carbocycles. The minimum atomic E-state index is 0.0262. The molecule has 0 fully saturated rings. The Morgan fingerprint density at radius 1 is 1.04 bits per heavy atom. The van der Waals surface area contributed by atoms with Gasteiger partial charge >= 0.3 is 0 Å². The zero-order chi connectivity index (χ0) is 17.1. The number of benzene rings is 2. The molecular formula is C18H19N3O3. The zero-order valence-electron chi connectivity index (χ0n) is 13.8. The van der Waals surface area contributed by atoms with E-state index in [1.807, 2.05) is 31.2 Å². The van der Waals surface area contributed by atoms with Crippen molar-refractivity contribution in [1.82, 2.24) is 9.97 Å².